The lowest BCUT2D eigenvalue weighted by atomic mass is 10.0. The van der Waals surface area contributed by atoms with Crippen LogP contribution in [0.25, 0.3) is 0 Å². The molecule has 0 aromatic heterocycles. The summed E-state index contributed by atoms with van der Waals surface area (Å²) < 4.78 is 27.0. The lowest BCUT2D eigenvalue weighted by molar-refractivity contribution is 0.101. The van der Waals surface area contributed by atoms with Gasteiger partial charge in [-0.25, -0.2) is 13.1 Å². The van der Waals surface area contributed by atoms with Crippen LogP contribution in [-0.4, -0.2) is 32.0 Å². The van der Waals surface area contributed by atoms with Crippen LogP contribution in [0.4, 0.5) is 0 Å². The van der Waals surface area contributed by atoms with Gasteiger partial charge in [0.25, 0.3) is 0 Å². The van der Waals surface area contributed by atoms with Crippen molar-refractivity contribution in [3.05, 3.63) is 29.8 Å². The van der Waals surface area contributed by atoms with Crippen LogP contribution in [0.1, 0.15) is 37.6 Å². The van der Waals surface area contributed by atoms with E-state index < -0.39 is 10.0 Å². The van der Waals surface area contributed by atoms with Crippen LogP contribution >= 0.6 is 0 Å². The highest BCUT2D eigenvalue weighted by Crippen LogP contribution is 2.14. The second-order valence-corrected chi connectivity index (χ2v) is 6.78. The number of ketones is 1. The molecule has 0 heterocycles. The lowest BCUT2D eigenvalue weighted by Crippen LogP contribution is -2.39. The van der Waals surface area contributed by atoms with Crippen molar-refractivity contribution in [2.45, 2.75) is 38.1 Å². The number of hydrogen-bond acceptors (Lipinski definition) is 4. The molecule has 0 spiro atoms. The zero-order valence-corrected chi connectivity index (χ0v) is 12.8. The predicted octanol–water partition coefficient (Wildman–Crippen LogP) is 1.57. The fourth-order valence-electron chi connectivity index (χ4n) is 1.80. The molecule has 1 unspecified atom stereocenters. The number of aliphatic hydroxyl groups is 1. The van der Waals surface area contributed by atoms with Crippen molar-refractivity contribution >= 4 is 15.8 Å². The van der Waals surface area contributed by atoms with Crippen LogP contribution in [0.15, 0.2) is 29.2 Å². The number of Topliss-reactive ketones (excluding diaryl/α,β-unsaturated/α-hetero) is 1. The number of hydrogen-bond donors (Lipinski definition) is 2. The van der Waals surface area contributed by atoms with Crippen molar-refractivity contribution in [3.8, 4) is 0 Å². The van der Waals surface area contributed by atoms with Gasteiger partial charge in [-0.05, 0) is 31.4 Å². The average molecular weight is 299 g/mol. The Hall–Kier alpha value is -1.24. The third-order valence-corrected chi connectivity index (χ3v) is 4.63. The Kier molecular flexibility index (Phi) is 5.86. The number of rotatable bonds is 7. The summed E-state index contributed by atoms with van der Waals surface area (Å²) in [5.74, 6) is -0.0318. The normalized spacial score (nSPS) is 13.4. The van der Waals surface area contributed by atoms with E-state index in [1.165, 1.54) is 31.2 Å². The number of aliphatic hydroxyl groups excluding tert-OH is 1. The molecular weight excluding hydrogens is 278 g/mol. The van der Waals surface area contributed by atoms with Crippen molar-refractivity contribution in [3.63, 3.8) is 0 Å². The molecule has 0 aliphatic carbocycles. The van der Waals surface area contributed by atoms with Crippen LogP contribution in [0.3, 0.4) is 0 Å². The van der Waals surface area contributed by atoms with E-state index in [0.29, 0.717) is 12.0 Å². The highest BCUT2D eigenvalue weighted by molar-refractivity contribution is 7.89. The van der Waals surface area contributed by atoms with Crippen molar-refractivity contribution in [1.29, 1.82) is 0 Å². The van der Waals surface area contributed by atoms with E-state index in [-0.39, 0.29) is 29.2 Å². The summed E-state index contributed by atoms with van der Waals surface area (Å²) >= 11 is 0. The van der Waals surface area contributed by atoms with Crippen molar-refractivity contribution in [2.24, 2.45) is 5.92 Å². The number of nitrogens with one attached hydrogen (secondary N) is 1. The number of benzene rings is 1. The van der Waals surface area contributed by atoms with Crippen LogP contribution < -0.4 is 4.72 Å². The summed E-state index contributed by atoms with van der Waals surface area (Å²) in [6, 6.07) is 5.49. The van der Waals surface area contributed by atoms with E-state index in [1.54, 1.807) is 0 Å². The van der Waals surface area contributed by atoms with E-state index >= 15 is 0 Å². The standard InChI is InChI=1S/C14H21NO4S/c1-10(2)14(8-9-16)15-20(18,19)13-6-4-12(5-7-13)11(3)17/h4-7,10,14-16H,8-9H2,1-3H3. The van der Waals surface area contributed by atoms with Crippen molar-refractivity contribution in [2.75, 3.05) is 6.61 Å². The first kappa shape index (κ1) is 16.8. The van der Waals surface area contributed by atoms with Gasteiger partial charge in [0.2, 0.25) is 10.0 Å². The average Bonchev–Trinajstić information content (AvgIpc) is 2.38. The molecule has 1 aromatic rings. The number of carbonyl (C=O) groups is 1. The summed E-state index contributed by atoms with van der Waals surface area (Å²) in [5, 5.41) is 8.98. The quantitative estimate of drug-likeness (QED) is 0.749. The summed E-state index contributed by atoms with van der Waals surface area (Å²) in [5.41, 5.74) is 0.472. The molecule has 1 atom stereocenters. The van der Waals surface area contributed by atoms with Crippen LogP contribution in [-0.2, 0) is 10.0 Å². The van der Waals surface area contributed by atoms with E-state index in [0.717, 1.165) is 0 Å². The van der Waals surface area contributed by atoms with Gasteiger partial charge in [0, 0.05) is 18.2 Å². The zero-order valence-electron chi connectivity index (χ0n) is 12.0. The first-order valence-corrected chi connectivity index (χ1v) is 8.00. The molecular formula is C14H21NO4S. The smallest absolute Gasteiger partial charge is 0.240 e. The number of sulfonamides is 1. The molecule has 0 aliphatic rings. The van der Waals surface area contributed by atoms with E-state index in [4.69, 9.17) is 5.11 Å². The maximum atomic E-state index is 12.2. The highest BCUT2D eigenvalue weighted by atomic mass is 32.2. The van der Waals surface area contributed by atoms with Crippen LogP contribution in [0.5, 0.6) is 0 Å². The molecule has 6 heteroatoms. The molecule has 5 nitrogen and oxygen atoms in total. The van der Waals surface area contributed by atoms with E-state index in [9.17, 15) is 13.2 Å². The fourth-order valence-corrected chi connectivity index (χ4v) is 3.22. The largest absolute Gasteiger partial charge is 0.396 e. The molecule has 1 rings (SSSR count). The molecule has 0 amide bonds. The maximum absolute atomic E-state index is 12.2. The van der Waals surface area contributed by atoms with Gasteiger partial charge in [0.05, 0.1) is 4.90 Å². The maximum Gasteiger partial charge on any atom is 0.240 e. The molecule has 0 radical (unpaired) electrons. The van der Waals surface area contributed by atoms with Gasteiger partial charge >= 0.3 is 0 Å². The zero-order chi connectivity index (χ0) is 15.3. The SMILES string of the molecule is CC(=O)c1ccc(S(=O)(=O)NC(CCO)C(C)C)cc1. The van der Waals surface area contributed by atoms with E-state index in [1.807, 2.05) is 13.8 Å². The summed E-state index contributed by atoms with van der Waals surface area (Å²) in [6.45, 7) is 5.13. The Morgan fingerprint density at radius 1 is 1.25 bits per heavy atom. The third kappa shape index (κ3) is 4.40. The summed E-state index contributed by atoms with van der Waals surface area (Å²) in [6.07, 6.45) is 0.364. The van der Waals surface area contributed by atoms with Gasteiger partial charge in [-0.3, -0.25) is 4.79 Å². The Morgan fingerprint density at radius 2 is 1.80 bits per heavy atom. The second kappa shape index (κ2) is 6.97. The molecule has 2 N–H and O–H groups in total. The Bertz CT molecular complexity index is 549. The minimum atomic E-state index is -3.64. The van der Waals surface area contributed by atoms with Gasteiger partial charge in [0.15, 0.2) is 5.78 Å². The van der Waals surface area contributed by atoms with Gasteiger partial charge in [0.1, 0.15) is 0 Å². The topological polar surface area (TPSA) is 83.5 Å². The molecule has 0 aliphatic heterocycles. The molecule has 0 saturated carbocycles. The van der Waals surface area contributed by atoms with Gasteiger partial charge in [-0.2, -0.15) is 0 Å². The van der Waals surface area contributed by atoms with Gasteiger partial charge in [-0.15, -0.1) is 0 Å². The van der Waals surface area contributed by atoms with Crippen molar-refractivity contribution < 1.29 is 18.3 Å². The Morgan fingerprint density at radius 3 is 2.20 bits per heavy atom. The molecule has 20 heavy (non-hydrogen) atoms. The fraction of sp³-hybridized carbons (Fsp3) is 0.500. The van der Waals surface area contributed by atoms with Gasteiger partial charge < -0.3 is 5.11 Å². The minimum Gasteiger partial charge on any atom is -0.396 e. The lowest BCUT2D eigenvalue weighted by Gasteiger charge is -2.21. The van der Waals surface area contributed by atoms with E-state index in [2.05, 4.69) is 4.72 Å². The molecule has 0 bridgehead atoms. The minimum absolute atomic E-state index is 0.0748. The molecule has 0 saturated heterocycles. The summed E-state index contributed by atoms with van der Waals surface area (Å²) in [4.78, 5) is 11.3. The Labute approximate surface area is 120 Å². The molecule has 1 aromatic carbocycles. The predicted molar refractivity (Wildman–Crippen MR) is 77.1 cm³/mol. The third-order valence-electron chi connectivity index (χ3n) is 3.12. The Balaban J connectivity index is 2.95. The highest BCUT2D eigenvalue weighted by Gasteiger charge is 2.22. The molecule has 0 fully saturated rings. The van der Waals surface area contributed by atoms with Crippen molar-refractivity contribution in [1.82, 2.24) is 4.72 Å². The summed E-state index contributed by atoms with van der Waals surface area (Å²) in [7, 11) is -3.64. The van der Waals surface area contributed by atoms with Crippen LogP contribution in [0.2, 0.25) is 0 Å². The van der Waals surface area contributed by atoms with Crippen LogP contribution in [0, 0.1) is 5.92 Å². The van der Waals surface area contributed by atoms with Gasteiger partial charge in [-0.1, -0.05) is 26.0 Å². The molecule has 112 valence electrons. The first-order chi connectivity index (χ1) is 9.27. The number of carbonyl (C=O) groups excluding carboxylic acids is 1. The second-order valence-electron chi connectivity index (χ2n) is 5.06. The monoisotopic (exact) mass is 299 g/mol. The first-order valence-electron chi connectivity index (χ1n) is 6.52.